The van der Waals surface area contributed by atoms with Gasteiger partial charge in [0, 0.05) is 29.4 Å². The standard InChI is InChI=1S/C12H16ClNO2/c13-10-2-1-9(8-15)12(7-10)14-5-3-11(16)4-6-14/h1-2,7,11,15-16H,3-6,8H2. The molecular weight excluding hydrogens is 226 g/mol. The van der Waals surface area contributed by atoms with Crippen LogP contribution in [0.2, 0.25) is 5.02 Å². The maximum atomic E-state index is 9.45. The largest absolute Gasteiger partial charge is 0.393 e. The molecule has 0 saturated carbocycles. The molecule has 0 aromatic heterocycles. The van der Waals surface area contributed by atoms with Crippen LogP contribution in [0.5, 0.6) is 0 Å². The first-order valence-corrected chi connectivity index (χ1v) is 5.91. The predicted octanol–water partition coefficient (Wildman–Crippen LogP) is 1.79. The normalized spacial score (nSPS) is 17.8. The molecule has 1 aliphatic heterocycles. The van der Waals surface area contributed by atoms with E-state index in [9.17, 15) is 10.2 Å². The van der Waals surface area contributed by atoms with Crippen LogP contribution in [0.25, 0.3) is 0 Å². The Bertz CT molecular complexity index is 362. The van der Waals surface area contributed by atoms with Crippen LogP contribution >= 0.6 is 11.6 Å². The van der Waals surface area contributed by atoms with Gasteiger partial charge >= 0.3 is 0 Å². The summed E-state index contributed by atoms with van der Waals surface area (Å²) in [5, 5.41) is 19.4. The van der Waals surface area contributed by atoms with Crippen LogP contribution in [0.15, 0.2) is 18.2 Å². The smallest absolute Gasteiger partial charge is 0.0702 e. The molecule has 1 fully saturated rings. The molecule has 88 valence electrons. The molecule has 0 amide bonds. The van der Waals surface area contributed by atoms with Crippen molar-refractivity contribution in [3.63, 3.8) is 0 Å². The molecular formula is C12H16ClNO2. The van der Waals surface area contributed by atoms with Gasteiger partial charge in [0.15, 0.2) is 0 Å². The van der Waals surface area contributed by atoms with Crippen molar-refractivity contribution in [3.05, 3.63) is 28.8 Å². The van der Waals surface area contributed by atoms with E-state index in [-0.39, 0.29) is 12.7 Å². The molecule has 0 unspecified atom stereocenters. The Morgan fingerprint density at radius 2 is 2.00 bits per heavy atom. The first-order chi connectivity index (χ1) is 7.70. The second kappa shape index (κ2) is 5.04. The van der Waals surface area contributed by atoms with Gasteiger partial charge in [-0.15, -0.1) is 0 Å². The molecule has 16 heavy (non-hydrogen) atoms. The van der Waals surface area contributed by atoms with E-state index < -0.39 is 0 Å². The zero-order valence-electron chi connectivity index (χ0n) is 9.06. The molecule has 0 bridgehead atoms. The molecule has 1 heterocycles. The highest BCUT2D eigenvalue weighted by Crippen LogP contribution is 2.27. The monoisotopic (exact) mass is 241 g/mol. The Morgan fingerprint density at radius 1 is 1.31 bits per heavy atom. The number of aliphatic hydroxyl groups is 2. The number of benzene rings is 1. The predicted molar refractivity (Wildman–Crippen MR) is 64.8 cm³/mol. The van der Waals surface area contributed by atoms with E-state index in [1.54, 1.807) is 6.07 Å². The number of halogens is 1. The van der Waals surface area contributed by atoms with Gasteiger partial charge in [-0.05, 0) is 25.0 Å². The van der Waals surface area contributed by atoms with Crippen molar-refractivity contribution in [2.45, 2.75) is 25.6 Å². The number of nitrogens with zero attached hydrogens (tertiary/aromatic N) is 1. The van der Waals surface area contributed by atoms with Crippen LogP contribution < -0.4 is 4.90 Å². The minimum Gasteiger partial charge on any atom is -0.393 e. The van der Waals surface area contributed by atoms with Gasteiger partial charge in [0.1, 0.15) is 0 Å². The summed E-state index contributed by atoms with van der Waals surface area (Å²) in [6.07, 6.45) is 1.36. The summed E-state index contributed by atoms with van der Waals surface area (Å²) in [6, 6.07) is 5.52. The van der Waals surface area contributed by atoms with Gasteiger partial charge < -0.3 is 15.1 Å². The van der Waals surface area contributed by atoms with Crippen molar-refractivity contribution in [2.75, 3.05) is 18.0 Å². The van der Waals surface area contributed by atoms with Crippen LogP contribution in [0.3, 0.4) is 0 Å². The lowest BCUT2D eigenvalue weighted by Gasteiger charge is -2.32. The van der Waals surface area contributed by atoms with Crippen molar-refractivity contribution >= 4 is 17.3 Å². The van der Waals surface area contributed by atoms with Crippen molar-refractivity contribution in [1.82, 2.24) is 0 Å². The molecule has 0 radical (unpaired) electrons. The lowest BCUT2D eigenvalue weighted by atomic mass is 10.1. The quantitative estimate of drug-likeness (QED) is 0.830. The van der Waals surface area contributed by atoms with Gasteiger partial charge in [-0.2, -0.15) is 0 Å². The van der Waals surface area contributed by atoms with Crippen LogP contribution in [0.1, 0.15) is 18.4 Å². The van der Waals surface area contributed by atoms with E-state index in [1.165, 1.54) is 0 Å². The Morgan fingerprint density at radius 3 is 2.62 bits per heavy atom. The highest BCUT2D eigenvalue weighted by Gasteiger charge is 2.19. The number of anilines is 1. The summed E-state index contributed by atoms with van der Waals surface area (Å²) in [5.41, 5.74) is 1.88. The van der Waals surface area contributed by atoms with Gasteiger partial charge in [-0.25, -0.2) is 0 Å². The Balaban J connectivity index is 2.21. The van der Waals surface area contributed by atoms with E-state index in [4.69, 9.17) is 11.6 Å². The Hall–Kier alpha value is -0.770. The molecule has 2 N–H and O–H groups in total. The number of rotatable bonds is 2. The maximum absolute atomic E-state index is 9.45. The fraction of sp³-hybridized carbons (Fsp3) is 0.500. The topological polar surface area (TPSA) is 43.7 Å². The van der Waals surface area contributed by atoms with Crippen molar-refractivity contribution in [1.29, 1.82) is 0 Å². The summed E-state index contributed by atoms with van der Waals surface area (Å²) in [4.78, 5) is 2.17. The van der Waals surface area contributed by atoms with Crippen molar-refractivity contribution in [2.24, 2.45) is 0 Å². The molecule has 0 spiro atoms. The summed E-state index contributed by atoms with van der Waals surface area (Å²) >= 11 is 5.96. The van der Waals surface area contributed by atoms with Gasteiger partial charge in [0.25, 0.3) is 0 Å². The first kappa shape index (κ1) is 11.7. The molecule has 1 aliphatic rings. The highest BCUT2D eigenvalue weighted by atomic mass is 35.5. The highest BCUT2D eigenvalue weighted by molar-refractivity contribution is 6.30. The lowest BCUT2D eigenvalue weighted by molar-refractivity contribution is 0.145. The molecule has 0 aliphatic carbocycles. The third kappa shape index (κ3) is 2.48. The molecule has 1 aromatic rings. The van der Waals surface area contributed by atoms with Crippen molar-refractivity contribution in [3.8, 4) is 0 Å². The fourth-order valence-corrected chi connectivity index (χ4v) is 2.24. The van der Waals surface area contributed by atoms with E-state index in [1.807, 2.05) is 12.1 Å². The van der Waals surface area contributed by atoms with Gasteiger partial charge in [-0.3, -0.25) is 0 Å². The maximum Gasteiger partial charge on any atom is 0.0702 e. The minimum absolute atomic E-state index is 0.0194. The molecule has 1 saturated heterocycles. The minimum atomic E-state index is -0.187. The fourth-order valence-electron chi connectivity index (χ4n) is 2.07. The van der Waals surface area contributed by atoms with E-state index >= 15 is 0 Å². The van der Waals surface area contributed by atoms with E-state index in [0.29, 0.717) is 5.02 Å². The summed E-state index contributed by atoms with van der Waals surface area (Å²) in [5.74, 6) is 0. The molecule has 4 heteroatoms. The molecule has 2 rings (SSSR count). The summed E-state index contributed by atoms with van der Waals surface area (Å²) in [7, 11) is 0. The Labute approximate surface area is 100 Å². The van der Waals surface area contributed by atoms with Crippen molar-refractivity contribution < 1.29 is 10.2 Å². The van der Waals surface area contributed by atoms with Crippen LogP contribution in [-0.2, 0) is 6.61 Å². The van der Waals surface area contributed by atoms with Gasteiger partial charge in [0.05, 0.1) is 12.7 Å². The third-order valence-corrected chi connectivity index (χ3v) is 3.26. The average molecular weight is 242 g/mol. The van der Waals surface area contributed by atoms with E-state index in [0.717, 1.165) is 37.2 Å². The molecule has 3 nitrogen and oxygen atoms in total. The van der Waals surface area contributed by atoms with Crippen LogP contribution in [-0.4, -0.2) is 29.4 Å². The SMILES string of the molecule is OCc1ccc(Cl)cc1N1CCC(O)CC1. The third-order valence-electron chi connectivity index (χ3n) is 3.02. The van der Waals surface area contributed by atoms with Gasteiger partial charge in [-0.1, -0.05) is 17.7 Å². The zero-order valence-corrected chi connectivity index (χ0v) is 9.82. The first-order valence-electron chi connectivity index (χ1n) is 5.53. The number of hydrogen-bond donors (Lipinski definition) is 2. The molecule has 0 atom stereocenters. The second-order valence-electron chi connectivity index (χ2n) is 4.15. The summed E-state index contributed by atoms with van der Waals surface area (Å²) < 4.78 is 0. The average Bonchev–Trinajstić information content (AvgIpc) is 2.30. The zero-order chi connectivity index (χ0) is 11.5. The van der Waals surface area contributed by atoms with Crippen LogP contribution in [0, 0.1) is 0 Å². The van der Waals surface area contributed by atoms with Crippen LogP contribution in [0.4, 0.5) is 5.69 Å². The second-order valence-corrected chi connectivity index (χ2v) is 4.59. The number of piperidine rings is 1. The van der Waals surface area contributed by atoms with Gasteiger partial charge in [0.2, 0.25) is 0 Å². The molecule has 1 aromatic carbocycles. The number of aliphatic hydroxyl groups excluding tert-OH is 2. The summed E-state index contributed by atoms with van der Waals surface area (Å²) in [6.45, 7) is 1.65. The lowest BCUT2D eigenvalue weighted by Crippen LogP contribution is -2.36. The number of hydrogen-bond acceptors (Lipinski definition) is 3. The Kier molecular flexibility index (Phi) is 3.69. The van der Waals surface area contributed by atoms with E-state index in [2.05, 4.69) is 4.90 Å².